The highest BCUT2D eigenvalue weighted by molar-refractivity contribution is 14.1. The Morgan fingerprint density at radius 2 is 1.81 bits per heavy atom. The topological polar surface area (TPSA) is 65.7 Å². The lowest BCUT2D eigenvalue weighted by Gasteiger charge is -2.17. The second-order valence-corrected chi connectivity index (χ2v) is 10.9. The van der Waals surface area contributed by atoms with Crippen molar-refractivity contribution in [1.29, 1.82) is 0 Å². The average Bonchev–Trinajstić information content (AvgIpc) is 2.85. The van der Waals surface area contributed by atoms with Gasteiger partial charge >= 0.3 is 0 Å². The third kappa shape index (κ3) is 5.29. The van der Waals surface area contributed by atoms with Gasteiger partial charge in [0.1, 0.15) is 11.5 Å². The lowest BCUT2D eigenvalue weighted by molar-refractivity contribution is 0.335. The average molecular weight is 707 g/mol. The molecule has 0 fully saturated rings. The van der Waals surface area contributed by atoms with Crippen molar-refractivity contribution in [1.82, 2.24) is 9.66 Å². The Labute approximate surface area is 238 Å². The van der Waals surface area contributed by atoms with E-state index in [9.17, 15) is 4.79 Å². The molecule has 0 N–H and O–H groups in total. The van der Waals surface area contributed by atoms with Crippen molar-refractivity contribution >= 4 is 62.3 Å². The van der Waals surface area contributed by atoms with Crippen LogP contribution in [0, 0.1) is 14.1 Å². The maximum absolute atomic E-state index is 13.6. The quantitative estimate of drug-likeness (QED) is 0.154. The molecule has 0 radical (unpaired) electrons. The van der Waals surface area contributed by atoms with Crippen LogP contribution in [0.1, 0.15) is 43.4 Å². The van der Waals surface area contributed by atoms with Gasteiger partial charge in [-0.2, -0.15) is 9.78 Å². The SMILES string of the molecule is CCOc1c(I)cc(C=Nn2c(-c3cc(C(C)C)c(OC)cc3C)nc3ccccc3c2=O)cc1I. The first-order valence-electron chi connectivity index (χ1n) is 11.6. The summed E-state index contributed by atoms with van der Waals surface area (Å²) >= 11 is 4.52. The van der Waals surface area contributed by atoms with E-state index in [1.165, 1.54) is 4.68 Å². The fourth-order valence-electron chi connectivity index (χ4n) is 4.03. The van der Waals surface area contributed by atoms with Crippen LogP contribution < -0.4 is 15.0 Å². The van der Waals surface area contributed by atoms with Crippen LogP contribution in [0.2, 0.25) is 0 Å². The molecule has 0 atom stereocenters. The molecule has 1 heterocycles. The molecule has 0 saturated heterocycles. The zero-order chi connectivity index (χ0) is 26.0. The van der Waals surface area contributed by atoms with Crippen molar-refractivity contribution in [3.8, 4) is 22.9 Å². The Hall–Kier alpha value is -2.47. The molecule has 4 rings (SSSR count). The molecular weight excluding hydrogens is 680 g/mol. The van der Waals surface area contributed by atoms with Crippen molar-refractivity contribution in [3.63, 3.8) is 0 Å². The van der Waals surface area contributed by atoms with Gasteiger partial charge in [-0.25, -0.2) is 4.98 Å². The number of hydrogen-bond acceptors (Lipinski definition) is 5. The Morgan fingerprint density at radius 1 is 1.11 bits per heavy atom. The fraction of sp³-hybridized carbons (Fsp3) is 0.250. The van der Waals surface area contributed by atoms with Gasteiger partial charge in [0, 0.05) is 5.56 Å². The molecule has 0 aliphatic carbocycles. The molecule has 6 nitrogen and oxygen atoms in total. The smallest absolute Gasteiger partial charge is 0.282 e. The van der Waals surface area contributed by atoms with Gasteiger partial charge in [-0.05, 0) is 118 Å². The summed E-state index contributed by atoms with van der Waals surface area (Å²) in [5.41, 5.74) is 4.13. The monoisotopic (exact) mass is 707 g/mol. The highest BCUT2D eigenvalue weighted by atomic mass is 127. The summed E-state index contributed by atoms with van der Waals surface area (Å²) in [6.07, 6.45) is 1.70. The number of nitrogens with zero attached hydrogens (tertiary/aromatic N) is 3. The maximum atomic E-state index is 13.6. The summed E-state index contributed by atoms with van der Waals surface area (Å²) in [4.78, 5) is 18.5. The van der Waals surface area contributed by atoms with Crippen molar-refractivity contribution in [2.75, 3.05) is 13.7 Å². The van der Waals surface area contributed by atoms with E-state index < -0.39 is 0 Å². The van der Waals surface area contributed by atoms with Crippen molar-refractivity contribution in [2.24, 2.45) is 5.10 Å². The zero-order valence-electron chi connectivity index (χ0n) is 20.8. The van der Waals surface area contributed by atoms with Gasteiger partial charge in [0.15, 0.2) is 5.82 Å². The van der Waals surface area contributed by atoms with E-state index in [-0.39, 0.29) is 11.5 Å². The Morgan fingerprint density at radius 3 is 2.44 bits per heavy atom. The van der Waals surface area contributed by atoms with Crippen LogP contribution in [-0.4, -0.2) is 29.6 Å². The summed E-state index contributed by atoms with van der Waals surface area (Å²) < 4.78 is 14.8. The maximum Gasteiger partial charge on any atom is 0.282 e. The predicted octanol–water partition coefficient (Wildman–Crippen LogP) is 6.99. The molecule has 186 valence electrons. The van der Waals surface area contributed by atoms with Gasteiger partial charge in [0.05, 0.1) is 38.0 Å². The van der Waals surface area contributed by atoms with Gasteiger partial charge in [-0.15, -0.1) is 0 Å². The van der Waals surface area contributed by atoms with Crippen molar-refractivity contribution in [3.05, 3.63) is 82.7 Å². The molecule has 0 unspecified atom stereocenters. The van der Waals surface area contributed by atoms with E-state index in [0.29, 0.717) is 23.3 Å². The molecule has 36 heavy (non-hydrogen) atoms. The number of aryl methyl sites for hydroxylation is 1. The van der Waals surface area contributed by atoms with Crippen LogP contribution in [-0.2, 0) is 0 Å². The molecule has 4 aromatic rings. The number of fused-ring (bicyclic) bond motifs is 1. The summed E-state index contributed by atoms with van der Waals surface area (Å²) in [7, 11) is 1.67. The van der Waals surface area contributed by atoms with Crippen LogP contribution in [0.15, 0.2) is 58.4 Å². The summed E-state index contributed by atoms with van der Waals surface area (Å²) in [6.45, 7) is 8.79. The normalized spacial score (nSPS) is 11.6. The van der Waals surface area contributed by atoms with E-state index >= 15 is 0 Å². The highest BCUT2D eigenvalue weighted by Gasteiger charge is 2.18. The molecule has 0 bridgehead atoms. The number of rotatable bonds is 7. The Kier molecular flexibility index (Phi) is 8.34. The molecule has 8 heteroatoms. The second-order valence-electron chi connectivity index (χ2n) is 8.62. The molecule has 0 spiro atoms. The van der Waals surface area contributed by atoms with Gasteiger partial charge in [-0.1, -0.05) is 26.0 Å². The number of methoxy groups -OCH3 is 1. The summed E-state index contributed by atoms with van der Waals surface area (Å²) in [6, 6.07) is 15.4. The highest BCUT2D eigenvalue weighted by Crippen LogP contribution is 2.34. The van der Waals surface area contributed by atoms with E-state index in [1.807, 2.05) is 50.2 Å². The Bertz CT molecular complexity index is 1500. The number of aromatic nitrogens is 2. The lowest BCUT2D eigenvalue weighted by Crippen LogP contribution is -2.21. The predicted molar refractivity (Wildman–Crippen MR) is 163 cm³/mol. The van der Waals surface area contributed by atoms with Crippen LogP contribution >= 0.6 is 45.2 Å². The van der Waals surface area contributed by atoms with Gasteiger partial charge in [-0.3, -0.25) is 4.79 Å². The number of para-hydroxylation sites is 1. The van der Waals surface area contributed by atoms with Gasteiger partial charge in [0.2, 0.25) is 0 Å². The lowest BCUT2D eigenvalue weighted by atomic mass is 9.96. The zero-order valence-corrected chi connectivity index (χ0v) is 25.1. The van der Waals surface area contributed by atoms with Crippen LogP contribution in [0.25, 0.3) is 22.3 Å². The minimum Gasteiger partial charge on any atom is -0.496 e. The molecule has 1 aromatic heterocycles. The minimum absolute atomic E-state index is 0.219. The van der Waals surface area contributed by atoms with E-state index in [4.69, 9.17) is 14.5 Å². The standard InChI is InChI=1S/C28H27I2N3O3/c1-6-36-26-22(29)12-18(13-23(26)30)15-31-33-27(32-24-10-8-7-9-19(24)28(33)34)21-14-20(16(2)3)25(35-5)11-17(21)4/h7-16H,6H2,1-5H3. The van der Waals surface area contributed by atoms with Crippen LogP contribution in [0.4, 0.5) is 0 Å². The molecule has 0 saturated carbocycles. The first-order valence-corrected chi connectivity index (χ1v) is 13.8. The first kappa shape index (κ1) is 26.6. The van der Waals surface area contributed by atoms with Crippen LogP contribution in [0.5, 0.6) is 11.5 Å². The van der Waals surface area contributed by atoms with E-state index in [1.54, 1.807) is 19.4 Å². The molecule has 0 amide bonds. The van der Waals surface area contributed by atoms with Gasteiger partial charge in [0.25, 0.3) is 5.56 Å². The van der Waals surface area contributed by atoms with E-state index in [0.717, 1.165) is 40.9 Å². The van der Waals surface area contributed by atoms with E-state index in [2.05, 4.69) is 70.2 Å². The minimum atomic E-state index is -0.219. The van der Waals surface area contributed by atoms with Crippen molar-refractivity contribution < 1.29 is 9.47 Å². The number of ether oxygens (including phenoxy) is 2. The summed E-state index contributed by atoms with van der Waals surface area (Å²) in [5.74, 6) is 2.41. The summed E-state index contributed by atoms with van der Waals surface area (Å²) in [5, 5.41) is 5.17. The molecule has 0 aliphatic rings. The molecule has 0 aliphatic heterocycles. The third-order valence-corrected chi connectivity index (χ3v) is 7.43. The first-order chi connectivity index (χ1) is 17.2. The fourth-order valence-corrected chi connectivity index (χ4v) is 6.16. The van der Waals surface area contributed by atoms with Crippen LogP contribution in [0.3, 0.4) is 0 Å². The Balaban J connectivity index is 1.94. The number of hydrogen-bond donors (Lipinski definition) is 0. The number of benzene rings is 3. The second kappa shape index (κ2) is 11.3. The third-order valence-electron chi connectivity index (χ3n) is 5.82. The van der Waals surface area contributed by atoms with Crippen molar-refractivity contribution in [2.45, 2.75) is 33.6 Å². The molecular formula is C28H27I2N3O3. The molecule has 3 aromatic carbocycles. The number of halogens is 2. The largest absolute Gasteiger partial charge is 0.496 e. The van der Waals surface area contributed by atoms with Gasteiger partial charge < -0.3 is 9.47 Å².